The van der Waals surface area contributed by atoms with E-state index in [1.165, 1.54) is 0 Å². The van der Waals surface area contributed by atoms with Gasteiger partial charge in [-0.3, -0.25) is 4.98 Å². The highest BCUT2D eigenvalue weighted by Crippen LogP contribution is 2.30. The van der Waals surface area contributed by atoms with Gasteiger partial charge in [0, 0.05) is 24.2 Å². The van der Waals surface area contributed by atoms with E-state index in [9.17, 15) is 0 Å². The van der Waals surface area contributed by atoms with Crippen molar-refractivity contribution < 1.29 is 9.47 Å². The van der Waals surface area contributed by atoms with E-state index in [0.29, 0.717) is 11.8 Å². The van der Waals surface area contributed by atoms with Gasteiger partial charge in [0.1, 0.15) is 5.69 Å². The average Bonchev–Trinajstić information content (AvgIpc) is 2.56. The van der Waals surface area contributed by atoms with E-state index in [-0.39, 0.29) is 6.04 Å². The van der Waals surface area contributed by atoms with Crippen LogP contribution in [0.15, 0.2) is 30.7 Å². The van der Waals surface area contributed by atoms with Crippen molar-refractivity contribution in [2.45, 2.75) is 19.4 Å². The number of rotatable bonds is 7. The summed E-state index contributed by atoms with van der Waals surface area (Å²) in [6.45, 7) is 2.95. The number of ether oxygens (including phenoxy) is 2. The van der Waals surface area contributed by atoms with Crippen LogP contribution in [-0.2, 0) is 0 Å². The highest BCUT2D eigenvalue weighted by atomic mass is 16.5. The van der Waals surface area contributed by atoms with Crippen LogP contribution in [0.4, 0.5) is 0 Å². The molecule has 0 aliphatic carbocycles. The molecule has 2 aromatic heterocycles. The molecule has 0 radical (unpaired) electrons. The smallest absolute Gasteiger partial charge is 0.237 e. The Kier molecular flexibility index (Phi) is 5.45. The first-order chi connectivity index (χ1) is 10.3. The van der Waals surface area contributed by atoms with Crippen molar-refractivity contribution in [2.24, 2.45) is 0 Å². The quantitative estimate of drug-likeness (QED) is 0.840. The first-order valence-electron chi connectivity index (χ1n) is 6.89. The molecule has 0 aliphatic rings. The normalized spacial score (nSPS) is 12.0. The number of hydrogen-bond acceptors (Lipinski definition) is 6. The Labute approximate surface area is 124 Å². The summed E-state index contributed by atoms with van der Waals surface area (Å²) in [5, 5.41) is 3.45. The molecular formula is C15H20N4O2. The molecule has 0 saturated heterocycles. The fourth-order valence-corrected chi connectivity index (χ4v) is 2.13. The minimum absolute atomic E-state index is 0.183. The molecule has 2 heterocycles. The van der Waals surface area contributed by atoms with Gasteiger partial charge in [-0.2, -0.15) is 0 Å². The van der Waals surface area contributed by atoms with Crippen molar-refractivity contribution in [3.63, 3.8) is 0 Å². The third kappa shape index (κ3) is 3.46. The first-order valence-corrected chi connectivity index (χ1v) is 6.89. The van der Waals surface area contributed by atoms with E-state index in [4.69, 9.17) is 9.47 Å². The topological polar surface area (TPSA) is 69.2 Å². The molecule has 0 aliphatic heterocycles. The van der Waals surface area contributed by atoms with Gasteiger partial charge in [0.25, 0.3) is 0 Å². The second kappa shape index (κ2) is 7.54. The predicted molar refractivity (Wildman–Crippen MR) is 79.5 cm³/mol. The Hall–Kier alpha value is -2.21. The summed E-state index contributed by atoms with van der Waals surface area (Å²) in [5.41, 5.74) is 1.63. The molecule has 21 heavy (non-hydrogen) atoms. The van der Waals surface area contributed by atoms with Crippen LogP contribution in [0.2, 0.25) is 0 Å². The van der Waals surface area contributed by atoms with Crippen molar-refractivity contribution in [3.05, 3.63) is 42.0 Å². The Bertz CT molecular complexity index is 530. The minimum atomic E-state index is -0.183. The van der Waals surface area contributed by atoms with Gasteiger partial charge in [0.2, 0.25) is 11.8 Å². The van der Waals surface area contributed by atoms with E-state index in [1.807, 2.05) is 12.1 Å². The second-order valence-electron chi connectivity index (χ2n) is 4.44. The Balaban J connectivity index is 2.47. The van der Waals surface area contributed by atoms with E-state index >= 15 is 0 Å². The molecule has 6 nitrogen and oxygen atoms in total. The zero-order valence-corrected chi connectivity index (χ0v) is 12.5. The van der Waals surface area contributed by atoms with Crippen LogP contribution in [0.5, 0.6) is 11.8 Å². The van der Waals surface area contributed by atoms with E-state index in [0.717, 1.165) is 24.2 Å². The van der Waals surface area contributed by atoms with Gasteiger partial charge in [-0.15, -0.1) is 0 Å². The van der Waals surface area contributed by atoms with Gasteiger partial charge in [-0.25, -0.2) is 9.97 Å². The Morgan fingerprint density at radius 1 is 1.05 bits per heavy atom. The van der Waals surface area contributed by atoms with E-state index < -0.39 is 0 Å². The molecule has 6 heteroatoms. The number of hydrogen-bond donors (Lipinski definition) is 1. The summed E-state index contributed by atoms with van der Waals surface area (Å²) in [6, 6.07) is 3.66. The molecule has 0 spiro atoms. The van der Waals surface area contributed by atoms with Gasteiger partial charge < -0.3 is 14.8 Å². The lowest BCUT2D eigenvalue weighted by Crippen LogP contribution is -2.25. The van der Waals surface area contributed by atoms with Crippen LogP contribution in [0.1, 0.15) is 30.6 Å². The molecule has 0 fully saturated rings. The molecule has 0 saturated carbocycles. The Morgan fingerprint density at radius 2 is 1.76 bits per heavy atom. The molecular weight excluding hydrogens is 268 g/mol. The zero-order valence-electron chi connectivity index (χ0n) is 12.5. The van der Waals surface area contributed by atoms with Crippen molar-refractivity contribution in [2.75, 3.05) is 20.8 Å². The van der Waals surface area contributed by atoms with Crippen molar-refractivity contribution >= 4 is 0 Å². The van der Waals surface area contributed by atoms with Crippen LogP contribution < -0.4 is 14.8 Å². The van der Waals surface area contributed by atoms with Crippen molar-refractivity contribution in [1.82, 2.24) is 20.3 Å². The first kappa shape index (κ1) is 15.2. The molecule has 0 amide bonds. The second-order valence-corrected chi connectivity index (χ2v) is 4.44. The maximum Gasteiger partial charge on any atom is 0.237 e. The van der Waals surface area contributed by atoms with E-state index in [2.05, 4.69) is 27.2 Å². The fourth-order valence-electron chi connectivity index (χ4n) is 2.13. The number of nitrogens with zero attached hydrogens (tertiary/aromatic N) is 3. The molecule has 0 aromatic carbocycles. The van der Waals surface area contributed by atoms with Gasteiger partial charge in [-0.1, -0.05) is 13.0 Å². The van der Waals surface area contributed by atoms with Crippen LogP contribution in [0, 0.1) is 0 Å². The molecule has 1 N–H and O–H groups in total. The molecule has 112 valence electrons. The SMILES string of the molecule is CCCNC(c1cccnc1OC)c1nccnc1OC. The fraction of sp³-hybridized carbons (Fsp3) is 0.400. The van der Waals surface area contributed by atoms with Gasteiger partial charge in [0.05, 0.1) is 20.3 Å². The maximum absolute atomic E-state index is 5.36. The number of pyridine rings is 1. The van der Waals surface area contributed by atoms with Crippen LogP contribution >= 0.6 is 0 Å². The summed E-state index contributed by atoms with van der Waals surface area (Å²) >= 11 is 0. The molecule has 1 unspecified atom stereocenters. The van der Waals surface area contributed by atoms with Crippen molar-refractivity contribution in [1.29, 1.82) is 0 Å². The molecule has 2 aromatic rings. The van der Waals surface area contributed by atoms with Crippen LogP contribution in [0.25, 0.3) is 0 Å². The standard InChI is InChI=1S/C15H20N4O2/c1-4-7-16-12(11-6-5-8-18-14(11)20-2)13-15(21-3)19-10-9-17-13/h5-6,8-10,12,16H,4,7H2,1-3H3. The third-order valence-electron chi connectivity index (χ3n) is 3.06. The monoisotopic (exact) mass is 288 g/mol. The third-order valence-corrected chi connectivity index (χ3v) is 3.06. The van der Waals surface area contributed by atoms with Gasteiger partial charge >= 0.3 is 0 Å². The largest absolute Gasteiger partial charge is 0.481 e. The summed E-state index contributed by atoms with van der Waals surface area (Å²) in [4.78, 5) is 12.9. The lowest BCUT2D eigenvalue weighted by Gasteiger charge is -2.21. The summed E-state index contributed by atoms with van der Waals surface area (Å²) in [6.07, 6.45) is 5.97. The number of methoxy groups -OCH3 is 2. The predicted octanol–water partition coefficient (Wildman–Crippen LogP) is 1.98. The number of aromatic nitrogens is 3. The highest BCUT2D eigenvalue weighted by Gasteiger charge is 2.23. The zero-order chi connectivity index (χ0) is 15.1. The lowest BCUT2D eigenvalue weighted by atomic mass is 10.0. The highest BCUT2D eigenvalue weighted by molar-refractivity contribution is 5.38. The van der Waals surface area contributed by atoms with Crippen LogP contribution in [0.3, 0.4) is 0 Å². The average molecular weight is 288 g/mol. The summed E-state index contributed by atoms with van der Waals surface area (Å²) < 4.78 is 10.7. The summed E-state index contributed by atoms with van der Waals surface area (Å²) in [7, 11) is 3.20. The van der Waals surface area contributed by atoms with Crippen molar-refractivity contribution in [3.8, 4) is 11.8 Å². The number of nitrogens with one attached hydrogen (secondary N) is 1. The molecule has 2 rings (SSSR count). The van der Waals surface area contributed by atoms with Crippen LogP contribution in [-0.4, -0.2) is 35.7 Å². The summed E-state index contributed by atoms with van der Waals surface area (Å²) in [5.74, 6) is 1.07. The van der Waals surface area contributed by atoms with Gasteiger partial charge in [-0.05, 0) is 19.0 Å². The molecule has 0 bridgehead atoms. The molecule has 1 atom stereocenters. The lowest BCUT2D eigenvalue weighted by molar-refractivity contribution is 0.372. The van der Waals surface area contributed by atoms with E-state index in [1.54, 1.807) is 32.8 Å². The van der Waals surface area contributed by atoms with Gasteiger partial charge in [0.15, 0.2) is 0 Å². The maximum atomic E-state index is 5.36. The minimum Gasteiger partial charge on any atom is -0.481 e. The Morgan fingerprint density at radius 3 is 2.48 bits per heavy atom.